The predicted molar refractivity (Wildman–Crippen MR) is 96.5 cm³/mol. The van der Waals surface area contributed by atoms with Crippen LogP contribution in [-0.2, 0) is 6.54 Å². The van der Waals surface area contributed by atoms with Gasteiger partial charge in [-0.3, -0.25) is 4.90 Å². The maximum absolute atomic E-state index is 12.6. The Kier molecular flexibility index (Phi) is 4.88. The van der Waals surface area contributed by atoms with Crippen LogP contribution in [0.2, 0.25) is 0 Å². The van der Waals surface area contributed by atoms with Crippen molar-refractivity contribution in [1.82, 2.24) is 4.90 Å². The minimum atomic E-state index is -2.87. The van der Waals surface area contributed by atoms with E-state index in [4.69, 9.17) is 0 Å². The molecule has 1 aliphatic carbocycles. The third-order valence-corrected chi connectivity index (χ3v) is 6.05. The molecule has 2 aromatic rings. The van der Waals surface area contributed by atoms with Crippen LogP contribution < -0.4 is 4.74 Å². The quantitative estimate of drug-likeness (QED) is 0.815. The smallest absolute Gasteiger partial charge is 0.387 e. The fourth-order valence-corrected chi connectivity index (χ4v) is 4.87. The van der Waals surface area contributed by atoms with E-state index in [1.165, 1.54) is 6.07 Å². The molecule has 27 heavy (non-hydrogen) atoms. The summed E-state index contributed by atoms with van der Waals surface area (Å²) < 4.78 is 29.9. The monoisotopic (exact) mass is 375 g/mol. The van der Waals surface area contributed by atoms with Crippen molar-refractivity contribution in [2.45, 2.75) is 25.2 Å². The predicted octanol–water partition coefficient (Wildman–Crippen LogP) is 2.86. The van der Waals surface area contributed by atoms with Gasteiger partial charge in [-0.15, -0.1) is 0 Å². The van der Waals surface area contributed by atoms with E-state index in [2.05, 4.69) is 9.64 Å². The van der Waals surface area contributed by atoms with Gasteiger partial charge in [-0.25, -0.2) is 0 Å². The van der Waals surface area contributed by atoms with Gasteiger partial charge in [0.2, 0.25) is 0 Å². The number of β-amino-alcohol motifs (C(OH)–C–C–N with tert-alkyl or cyclic N) is 1. The minimum Gasteiger partial charge on any atom is -0.434 e. The first-order valence-corrected chi connectivity index (χ1v) is 9.15. The number of likely N-dealkylation sites (tertiary alicyclic amines) is 1. The Hall–Kier alpha value is -2.02. The van der Waals surface area contributed by atoms with Crippen molar-refractivity contribution in [3.63, 3.8) is 0 Å². The lowest BCUT2D eigenvalue weighted by molar-refractivity contribution is -0.0507. The lowest BCUT2D eigenvalue weighted by atomic mass is 9.95. The fourth-order valence-electron chi connectivity index (χ4n) is 4.87. The number of nitrogens with zero attached hydrogens (tertiary/aromatic N) is 1. The number of rotatable bonds is 6. The van der Waals surface area contributed by atoms with Crippen molar-refractivity contribution < 1.29 is 23.7 Å². The highest BCUT2D eigenvalue weighted by molar-refractivity contribution is 5.37. The van der Waals surface area contributed by atoms with E-state index < -0.39 is 12.7 Å². The van der Waals surface area contributed by atoms with E-state index in [9.17, 15) is 19.0 Å². The van der Waals surface area contributed by atoms with Crippen LogP contribution in [0, 0.1) is 11.3 Å². The number of para-hydroxylation sites is 1. The average Bonchev–Trinajstić information content (AvgIpc) is 3.20. The van der Waals surface area contributed by atoms with Crippen molar-refractivity contribution in [3.05, 3.63) is 65.7 Å². The Labute approximate surface area is 157 Å². The van der Waals surface area contributed by atoms with Crippen LogP contribution in [-0.4, -0.2) is 47.5 Å². The van der Waals surface area contributed by atoms with Gasteiger partial charge in [0.05, 0.1) is 6.10 Å². The van der Waals surface area contributed by atoms with Crippen LogP contribution in [0.25, 0.3) is 0 Å². The number of ether oxygens (including phenoxy) is 1. The maximum atomic E-state index is 12.6. The molecule has 0 unspecified atom stereocenters. The number of aliphatic hydroxyl groups is 2. The molecule has 0 bridgehead atoms. The van der Waals surface area contributed by atoms with Crippen LogP contribution in [0.3, 0.4) is 0 Å². The largest absolute Gasteiger partial charge is 0.434 e. The fraction of sp³-hybridized carbons (Fsp3) is 0.429. The first kappa shape index (κ1) is 18.3. The zero-order chi connectivity index (χ0) is 19.0. The first-order valence-electron chi connectivity index (χ1n) is 9.15. The molecule has 4 nitrogen and oxygen atoms in total. The summed E-state index contributed by atoms with van der Waals surface area (Å²) in [4.78, 5) is 2.06. The molecular formula is C21H23F2NO3. The van der Waals surface area contributed by atoms with Crippen molar-refractivity contribution in [1.29, 1.82) is 0 Å². The number of alkyl halides is 2. The number of hydrogen-bond donors (Lipinski definition) is 2. The van der Waals surface area contributed by atoms with Gasteiger partial charge in [0.25, 0.3) is 0 Å². The number of benzene rings is 2. The molecule has 1 saturated heterocycles. The zero-order valence-corrected chi connectivity index (χ0v) is 14.8. The first-order chi connectivity index (χ1) is 13.1. The highest BCUT2D eigenvalue weighted by atomic mass is 19.3. The molecular weight excluding hydrogens is 352 g/mol. The molecule has 4 rings (SSSR count). The summed E-state index contributed by atoms with van der Waals surface area (Å²) in [5.74, 6) is 0.278. The Morgan fingerprint density at radius 2 is 1.81 bits per heavy atom. The van der Waals surface area contributed by atoms with Crippen LogP contribution in [0.15, 0.2) is 54.6 Å². The van der Waals surface area contributed by atoms with Gasteiger partial charge in [-0.2, -0.15) is 8.78 Å². The lowest BCUT2D eigenvalue weighted by Crippen LogP contribution is -2.23. The standard InChI is InChI=1S/C21H23F2NO3/c22-20(23)27-17-9-5-4-8-15(17)10-24-11-18(26)21(13-24)16(12-25)19(21)14-6-2-1-3-7-14/h1-9,16,18-20,25-26H,10-13H2/t16-,18+,19-,21-/m1/s1. The van der Waals surface area contributed by atoms with Crippen molar-refractivity contribution in [2.75, 3.05) is 19.7 Å². The molecule has 0 aromatic heterocycles. The molecule has 2 fully saturated rings. The molecule has 0 amide bonds. The van der Waals surface area contributed by atoms with Crippen molar-refractivity contribution in [3.8, 4) is 5.75 Å². The third kappa shape index (κ3) is 3.22. The Morgan fingerprint density at radius 3 is 2.52 bits per heavy atom. The molecule has 6 heteroatoms. The van der Waals surface area contributed by atoms with E-state index in [0.717, 1.165) is 5.56 Å². The van der Waals surface area contributed by atoms with Gasteiger partial charge in [0, 0.05) is 37.2 Å². The summed E-state index contributed by atoms with van der Waals surface area (Å²) in [6.45, 7) is -1.37. The highest BCUT2D eigenvalue weighted by Gasteiger charge is 2.70. The summed E-state index contributed by atoms with van der Waals surface area (Å²) in [5, 5.41) is 20.7. The van der Waals surface area contributed by atoms with Crippen LogP contribution >= 0.6 is 0 Å². The molecule has 4 atom stereocenters. The Bertz CT molecular complexity index is 788. The number of hydrogen-bond acceptors (Lipinski definition) is 4. The normalized spacial score (nSPS) is 30.2. The molecule has 1 saturated carbocycles. The van der Waals surface area contributed by atoms with Crippen LogP contribution in [0.4, 0.5) is 8.78 Å². The second-order valence-corrected chi connectivity index (χ2v) is 7.46. The van der Waals surface area contributed by atoms with Crippen molar-refractivity contribution >= 4 is 0 Å². The van der Waals surface area contributed by atoms with Gasteiger partial charge in [-0.05, 0) is 23.5 Å². The highest BCUT2D eigenvalue weighted by Crippen LogP contribution is 2.68. The molecule has 0 radical (unpaired) electrons. The summed E-state index contributed by atoms with van der Waals surface area (Å²) >= 11 is 0. The zero-order valence-electron chi connectivity index (χ0n) is 14.8. The summed E-state index contributed by atoms with van der Waals surface area (Å²) in [7, 11) is 0. The SMILES string of the molecule is OC[C@@H]1[C@@H](c2ccccc2)[C@]12CN(Cc1ccccc1OC(F)F)C[C@@H]2O. The van der Waals surface area contributed by atoms with Crippen molar-refractivity contribution in [2.24, 2.45) is 11.3 Å². The molecule has 2 aliphatic rings. The molecule has 2 N–H and O–H groups in total. The summed E-state index contributed by atoms with van der Waals surface area (Å²) in [6, 6.07) is 16.7. The van der Waals surface area contributed by atoms with Crippen LogP contribution in [0.5, 0.6) is 5.75 Å². The summed E-state index contributed by atoms with van der Waals surface area (Å²) in [6.07, 6.45) is -0.567. The topological polar surface area (TPSA) is 52.9 Å². The van der Waals surface area contributed by atoms with Crippen LogP contribution in [0.1, 0.15) is 17.0 Å². The average molecular weight is 375 g/mol. The van der Waals surface area contributed by atoms with Gasteiger partial charge in [0.15, 0.2) is 0 Å². The minimum absolute atomic E-state index is 0.00691. The number of aliphatic hydroxyl groups excluding tert-OH is 2. The Balaban J connectivity index is 1.53. The Morgan fingerprint density at radius 1 is 1.11 bits per heavy atom. The molecule has 144 valence electrons. The molecule has 1 heterocycles. The van der Waals surface area contributed by atoms with Gasteiger partial charge in [0.1, 0.15) is 5.75 Å². The lowest BCUT2D eigenvalue weighted by Gasteiger charge is -2.18. The van der Waals surface area contributed by atoms with Gasteiger partial charge >= 0.3 is 6.61 Å². The second-order valence-electron chi connectivity index (χ2n) is 7.46. The molecule has 1 aliphatic heterocycles. The van der Waals surface area contributed by atoms with E-state index in [0.29, 0.717) is 25.2 Å². The number of halogens is 2. The van der Waals surface area contributed by atoms with E-state index in [1.807, 2.05) is 30.3 Å². The second kappa shape index (κ2) is 7.19. The molecule has 2 aromatic carbocycles. The molecule has 1 spiro atoms. The maximum Gasteiger partial charge on any atom is 0.387 e. The third-order valence-electron chi connectivity index (χ3n) is 6.05. The van der Waals surface area contributed by atoms with E-state index in [-0.39, 0.29) is 29.6 Å². The van der Waals surface area contributed by atoms with Gasteiger partial charge < -0.3 is 14.9 Å². The van der Waals surface area contributed by atoms with E-state index in [1.54, 1.807) is 18.2 Å². The van der Waals surface area contributed by atoms with E-state index >= 15 is 0 Å². The van der Waals surface area contributed by atoms with Gasteiger partial charge in [-0.1, -0.05) is 48.5 Å². The summed E-state index contributed by atoms with van der Waals surface area (Å²) in [5.41, 5.74) is 1.41.